The normalized spacial score (nSPS) is 12.4. The van der Waals surface area contributed by atoms with Crippen molar-refractivity contribution in [2.24, 2.45) is 31.8 Å². The van der Waals surface area contributed by atoms with Crippen molar-refractivity contribution in [1.29, 1.82) is 0 Å². The number of hydrogen-bond donors (Lipinski definition) is 2. The minimum absolute atomic E-state index is 0.353. The molecule has 0 fully saturated rings. The van der Waals surface area contributed by atoms with Crippen molar-refractivity contribution in [3.8, 4) is 5.75 Å². The molecule has 1 atom stereocenters. The summed E-state index contributed by atoms with van der Waals surface area (Å²) in [5, 5.41) is 17.4. The third-order valence-electron chi connectivity index (χ3n) is 7.30. The van der Waals surface area contributed by atoms with E-state index in [-0.39, 0.29) is 0 Å². The third-order valence-corrected chi connectivity index (χ3v) is 7.30. The number of nitrogens with one attached hydrogen (secondary N) is 2. The average molecular weight is 606 g/mol. The summed E-state index contributed by atoms with van der Waals surface area (Å²) in [7, 11) is 0. The topological polar surface area (TPSA) is 86.0 Å². The van der Waals surface area contributed by atoms with Gasteiger partial charge in [0, 0.05) is 18.8 Å². The zero-order valence-electron chi connectivity index (χ0n) is 27.5. The van der Waals surface area contributed by atoms with Crippen LogP contribution in [0.5, 0.6) is 5.75 Å². The van der Waals surface area contributed by atoms with Gasteiger partial charge >= 0.3 is 0 Å². The first-order chi connectivity index (χ1) is 21.7. The largest absolute Gasteiger partial charge is 0.494 e. The van der Waals surface area contributed by atoms with Crippen LogP contribution < -0.4 is 20.5 Å². The highest BCUT2D eigenvalue weighted by atomic mass is 16.5. The molecular weight excluding hydrogens is 558 g/mol. The number of hydrazine groups is 1. The van der Waals surface area contributed by atoms with Crippen molar-refractivity contribution in [2.45, 2.75) is 54.4 Å². The van der Waals surface area contributed by atoms with E-state index in [2.05, 4.69) is 89.9 Å². The van der Waals surface area contributed by atoms with Crippen LogP contribution in [0.3, 0.4) is 0 Å². The van der Waals surface area contributed by atoms with Gasteiger partial charge in [-0.05, 0) is 135 Å². The van der Waals surface area contributed by atoms with Crippen LogP contribution in [0.25, 0.3) is 0 Å². The van der Waals surface area contributed by atoms with E-state index in [0.29, 0.717) is 11.3 Å². The molecule has 236 valence electrons. The van der Waals surface area contributed by atoms with Gasteiger partial charge in [-0.25, -0.2) is 0 Å². The maximum Gasteiger partial charge on any atom is 0.119 e. The molecule has 0 amide bonds. The van der Waals surface area contributed by atoms with E-state index < -0.39 is 0 Å². The Hall–Kier alpha value is -4.72. The van der Waals surface area contributed by atoms with Gasteiger partial charge in [0.05, 0.1) is 40.7 Å². The van der Waals surface area contributed by atoms with Crippen molar-refractivity contribution < 1.29 is 4.74 Å². The summed E-state index contributed by atoms with van der Waals surface area (Å²) < 4.78 is 5.95. The third kappa shape index (κ3) is 11.4. The Morgan fingerprint density at radius 2 is 1.02 bits per heavy atom. The maximum atomic E-state index is 5.95. The standard InChI is InChI=1S/C37H47N7O/c1-7-44(8-2)35-21-17-33(18-22-35)42-40-31-13-9-29(10-14-31)38-39-30-11-15-32(16-12-30)41-43-34-19-23-36(24-20-34)45-26-25-28(3)27-37(4,5)6/h9-24,28,41,43H,7-8,25-27H2,1-6H3. The van der Waals surface area contributed by atoms with Gasteiger partial charge in [0.15, 0.2) is 0 Å². The van der Waals surface area contributed by atoms with Crippen molar-refractivity contribution >= 4 is 39.8 Å². The summed E-state index contributed by atoms with van der Waals surface area (Å²) in [5.41, 5.74) is 12.9. The molecule has 0 saturated carbocycles. The predicted octanol–water partition coefficient (Wildman–Crippen LogP) is 11.6. The summed E-state index contributed by atoms with van der Waals surface area (Å²) in [5.74, 6) is 1.53. The first kappa shape index (κ1) is 33.2. The number of azo groups is 2. The molecule has 4 aromatic carbocycles. The van der Waals surface area contributed by atoms with Gasteiger partial charge in [-0.15, -0.1) is 0 Å². The van der Waals surface area contributed by atoms with Crippen LogP contribution in [-0.2, 0) is 0 Å². The highest BCUT2D eigenvalue weighted by molar-refractivity contribution is 5.57. The molecule has 0 aliphatic heterocycles. The highest BCUT2D eigenvalue weighted by Gasteiger charge is 2.15. The van der Waals surface area contributed by atoms with Crippen LogP contribution >= 0.6 is 0 Å². The van der Waals surface area contributed by atoms with E-state index in [9.17, 15) is 0 Å². The molecule has 8 nitrogen and oxygen atoms in total. The molecule has 2 N–H and O–H groups in total. The van der Waals surface area contributed by atoms with Gasteiger partial charge in [0.25, 0.3) is 0 Å². The second-order valence-corrected chi connectivity index (χ2v) is 12.4. The van der Waals surface area contributed by atoms with Crippen molar-refractivity contribution in [1.82, 2.24) is 0 Å². The zero-order valence-corrected chi connectivity index (χ0v) is 27.5. The summed E-state index contributed by atoms with van der Waals surface area (Å²) >= 11 is 0. The molecule has 45 heavy (non-hydrogen) atoms. The Labute approximate surface area is 268 Å². The minimum atomic E-state index is 0.353. The molecule has 0 saturated heterocycles. The molecule has 8 heteroatoms. The lowest BCUT2D eigenvalue weighted by Crippen LogP contribution is -2.21. The Morgan fingerprint density at radius 1 is 0.622 bits per heavy atom. The monoisotopic (exact) mass is 605 g/mol. The van der Waals surface area contributed by atoms with Crippen molar-refractivity contribution in [2.75, 3.05) is 35.4 Å². The Balaban J connectivity index is 1.20. The van der Waals surface area contributed by atoms with Crippen LogP contribution in [-0.4, -0.2) is 19.7 Å². The number of nitrogens with zero attached hydrogens (tertiary/aromatic N) is 5. The summed E-state index contributed by atoms with van der Waals surface area (Å²) in [6.07, 6.45) is 2.26. The van der Waals surface area contributed by atoms with E-state index in [1.54, 1.807) is 0 Å². The van der Waals surface area contributed by atoms with E-state index in [1.165, 1.54) is 12.1 Å². The van der Waals surface area contributed by atoms with Crippen LogP contribution in [0.15, 0.2) is 118 Å². The van der Waals surface area contributed by atoms with E-state index >= 15 is 0 Å². The quantitative estimate of drug-likeness (QED) is 0.104. The number of benzene rings is 4. The second kappa shape index (κ2) is 16.4. The smallest absolute Gasteiger partial charge is 0.119 e. The van der Waals surface area contributed by atoms with Crippen LogP contribution in [0, 0.1) is 11.3 Å². The number of rotatable bonds is 15. The van der Waals surface area contributed by atoms with E-state index in [0.717, 1.165) is 66.0 Å². The molecule has 0 radical (unpaired) electrons. The predicted molar refractivity (Wildman–Crippen MR) is 188 cm³/mol. The fourth-order valence-electron chi connectivity index (χ4n) is 5.05. The lowest BCUT2D eigenvalue weighted by Gasteiger charge is -2.23. The van der Waals surface area contributed by atoms with Crippen LogP contribution in [0.1, 0.15) is 54.4 Å². The Morgan fingerprint density at radius 3 is 1.44 bits per heavy atom. The summed E-state index contributed by atoms with van der Waals surface area (Å²) in [4.78, 5) is 2.30. The van der Waals surface area contributed by atoms with Crippen molar-refractivity contribution in [3.63, 3.8) is 0 Å². The van der Waals surface area contributed by atoms with Crippen LogP contribution in [0.2, 0.25) is 0 Å². The van der Waals surface area contributed by atoms with E-state index in [1.807, 2.05) is 84.9 Å². The average Bonchev–Trinajstić information content (AvgIpc) is 3.04. The summed E-state index contributed by atoms with van der Waals surface area (Å²) in [6.45, 7) is 16.2. The molecule has 0 bridgehead atoms. The molecule has 4 rings (SSSR count). The van der Waals surface area contributed by atoms with E-state index in [4.69, 9.17) is 4.74 Å². The first-order valence-corrected chi connectivity index (χ1v) is 15.8. The highest BCUT2D eigenvalue weighted by Crippen LogP contribution is 2.27. The van der Waals surface area contributed by atoms with Crippen LogP contribution in [0.4, 0.5) is 39.8 Å². The molecule has 0 heterocycles. The number of hydrogen-bond acceptors (Lipinski definition) is 8. The molecule has 0 aliphatic rings. The maximum absolute atomic E-state index is 5.95. The molecule has 0 spiro atoms. The first-order valence-electron chi connectivity index (χ1n) is 15.8. The fourth-order valence-corrected chi connectivity index (χ4v) is 5.05. The van der Waals surface area contributed by atoms with Gasteiger partial charge in [-0.2, -0.15) is 20.5 Å². The Kier molecular flexibility index (Phi) is 12.1. The van der Waals surface area contributed by atoms with Gasteiger partial charge in [-0.3, -0.25) is 0 Å². The molecule has 4 aromatic rings. The Bertz CT molecular complexity index is 1490. The van der Waals surface area contributed by atoms with Gasteiger partial charge in [-0.1, -0.05) is 27.7 Å². The van der Waals surface area contributed by atoms with Gasteiger partial charge in [0.2, 0.25) is 0 Å². The second-order valence-electron chi connectivity index (χ2n) is 12.4. The van der Waals surface area contributed by atoms with Crippen molar-refractivity contribution in [3.05, 3.63) is 97.1 Å². The molecule has 1 unspecified atom stereocenters. The summed E-state index contributed by atoms with van der Waals surface area (Å²) in [6, 6.07) is 31.4. The molecule has 0 aromatic heterocycles. The minimum Gasteiger partial charge on any atom is -0.494 e. The molecular formula is C37H47N7O. The lowest BCUT2D eigenvalue weighted by molar-refractivity contribution is 0.240. The fraction of sp³-hybridized carbons (Fsp3) is 0.351. The zero-order chi connectivity index (χ0) is 32.1. The lowest BCUT2D eigenvalue weighted by atomic mass is 9.84. The number of anilines is 3. The van der Waals surface area contributed by atoms with Gasteiger partial charge in [0.1, 0.15) is 5.75 Å². The number of ether oxygens (including phenoxy) is 1. The molecule has 0 aliphatic carbocycles. The van der Waals surface area contributed by atoms with Gasteiger partial charge < -0.3 is 20.5 Å². The SMILES string of the molecule is CCN(CC)c1ccc(N=Nc2ccc(N=Nc3ccc(NNc4ccc(OCCC(C)CC(C)(C)C)cc4)cc3)cc2)cc1.